The number of hydrogen-bond acceptors (Lipinski definition) is 2. The molecule has 1 heterocycles. The molecule has 22 heavy (non-hydrogen) atoms. The van der Waals surface area contributed by atoms with Gasteiger partial charge in [-0.1, -0.05) is 29.8 Å². The molecule has 5 heteroatoms. The molecule has 3 rings (SSSR count). The summed E-state index contributed by atoms with van der Waals surface area (Å²) in [6, 6.07) is 10.6. The third kappa shape index (κ3) is 2.83. The minimum Gasteiger partial charge on any atom is -0.496 e. The van der Waals surface area contributed by atoms with E-state index < -0.39 is 0 Å². The zero-order valence-corrected chi connectivity index (χ0v) is 12.7. The van der Waals surface area contributed by atoms with Crippen LogP contribution in [0.25, 0.3) is 11.1 Å². The molecule has 0 saturated carbocycles. The van der Waals surface area contributed by atoms with E-state index >= 15 is 0 Å². The first-order valence-corrected chi connectivity index (χ1v) is 7.14. The van der Waals surface area contributed by atoms with Crippen molar-refractivity contribution >= 4 is 11.6 Å². The zero-order valence-electron chi connectivity index (χ0n) is 12.0. The molecule has 0 aliphatic heterocycles. The van der Waals surface area contributed by atoms with Gasteiger partial charge in [-0.05, 0) is 23.8 Å². The van der Waals surface area contributed by atoms with Gasteiger partial charge in [-0.2, -0.15) is 0 Å². The maximum absolute atomic E-state index is 15.0. The Kier molecular flexibility index (Phi) is 4.11. The van der Waals surface area contributed by atoms with E-state index in [1.54, 1.807) is 49.1 Å². The number of benzene rings is 2. The van der Waals surface area contributed by atoms with Gasteiger partial charge < -0.3 is 9.30 Å². The lowest BCUT2D eigenvalue weighted by Crippen LogP contribution is -2.02. The summed E-state index contributed by atoms with van der Waals surface area (Å²) in [7, 11) is 1.53. The summed E-state index contributed by atoms with van der Waals surface area (Å²) in [5.74, 6) is 0.171. The molecule has 1 aromatic heterocycles. The first-order chi connectivity index (χ1) is 10.7. The number of rotatable bonds is 4. The van der Waals surface area contributed by atoms with E-state index in [1.165, 1.54) is 7.11 Å². The van der Waals surface area contributed by atoms with Crippen molar-refractivity contribution in [1.29, 1.82) is 0 Å². The van der Waals surface area contributed by atoms with Crippen LogP contribution in [-0.4, -0.2) is 16.7 Å². The van der Waals surface area contributed by atoms with Crippen molar-refractivity contribution in [1.82, 2.24) is 9.55 Å². The quantitative estimate of drug-likeness (QED) is 0.713. The van der Waals surface area contributed by atoms with Crippen LogP contribution in [0.2, 0.25) is 5.02 Å². The van der Waals surface area contributed by atoms with Crippen LogP contribution < -0.4 is 4.74 Å². The van der Waals surface area contributed by atoms with Crippen LogP contribution in [0.1, 0.15) is 5.56 Å². The topological polar surface area (TPSA) is 27.1 Å². The van der Waals surface area contributed by atoms with Gasteiger partial charge in [0, 0.05) is 23.0 Å². The molecule has 0 fully saturated rings. The van der Waals surface area contributed by atoms with Gasteiger partial charge in [0.15, 0.2) is 0 Å². The first kappa shape index (κ1) is 14.6. The average molecular weight is 317 g/mol. The molecule has 0 atom stereocenters. The molecular weight excluding hydrogens is 303 g/mol. The molecule has 3 aromatic rings. The molecule has 0 bridgehead atoms. The van der Waals surface area contributed by atoms with Crippen LogP contribution in [0, 0.1) is 5.82 Å². The van der Waals surface area contributed by atoms with Gasteiger partial charge in [0.1, 0.15) is 11.6 Å². The van der Waals surface area contributed by atoms with Crippen LogP contribution >= 0.6 is 11.6 Å². The molecule has 0 amide bonds. The predicted molar refractivity (Wildman–Crippen MR) is 84.7 cm³/mol. The van der Waals surface area contributed by atoms with Gasteiger partial charge >= 0.3 is 0 Å². The molecule has 0 N–H and O–H groups in total. The van der Waals surface area contributed by atoms with Crippen LogP contribution in [-0.2, 0) is 6.54 Å². The molecule has 112 valence electrons. The monoisotopic (exact) mass is 316 g/mol. The fourth-order valence-electron chi connectivity index (χ4n) is 2.38. The van der Waals surface area contributed by atoms with Crippen molar-refractivity contribution in [2.24, 2.45) is 0 Å². The summed E-state index contributed by atoms with van der Waals surface area (Å²) in [6.45, 7) is 0.406. The lowest BCUT2D eigenvalue weighted by molar-refractivity contribution is 0.412. The first-order valence-electron chi connectivity index (χ1n) is 6.76. The summed E-state index contributed by atoms with van der Waals surface area (Å²) < 4.78 is 22.1. The van der Waals surface area contributed by atoms with E-state index in [4.69, 9.17) is 16.3 Å². The van der Waals surface area contributed by atoms with Crippen LogP contribution in [0.3, 0.4) is 0 Å². The van der Waals surface area contributed by atoms with Crippen LogP contribution in [0.4, 0.5) is 4.39 Å². The summed E-state index contributed by atoms with van der Waals surface area (Å²) in [6.07, 6.45) is 5.12. The largest absolute Gasteiger partial charge is 0.496 e. The van der Waals surface area contributed by atoms with Crippen LogP contribution in [0.15, 0.2) is 55.1 Å². The number of aromatic nitrogens is 2. The number of methoxy groups -OCH3 is 1. The van der Waals surface area contributed by atoms with Gasteiger partial charge in [-0.3, -0.25) is 0 Å². The van der Waals surface area contributed by atoms with E-state index in [2.05, 4.69) is 4.98 Å². The molecule has 2 aromatic carbocycles. The smallest absolute Gasteiger partial charge is 0.139 e. The van der Waals surface area contributed by atoms with Gasteiger partial charge in [0.2, 0.25) is 0 Å². The maximum atomic E-state index is 15.0. The van der Waals surface area contributed by atoms with Crippen molar-refractivity contribution in [3.05, 3.63) is 71.5 Å². The van der Waals surface area contributed by atoms with E-state index in [9.17, 15) is 4.39 Å². The fraction of sp³-hybridized carbons (Fsp3) is 0.118. The second kappa shape index (κ2) is 6.20. The standard InChI is InChI=1S/C17H14ClFN2O/c1-22-15-6-5-13(10-21-8-7-20-11-21)17(19)16(15)12-3-2-4-14(18)9-12/h2-9,11H,10H2,1H3. The number of imidazole rings is 1. The molecule has 0 unspecified atom stereocenters. The van der Waals surface area contributed by atoms with Crippen LogP contribution in [0.5, 0.6) is 5.75 Å². The third-order valence-corrected chi connectivity index (χ3v) is 3.66. The highest BCUT2D eigenvalue weighted by molar-refractivity contribution is 6.30. The molecule has 0 radical (unpaired) electrons. The highest BCUT2D eigenvalue weighted by Gasteiger charge is 2.16. The number of nitrogens with zero attached hydrogens (tertiary/aromatic N) is 2. The number of ether oxygens (including phenoxy) is 1. The summed E-state index contributed by atoms with van der Waals surface area (Å²) >= 11 is 6.02. The molecular formula is C17H14ClFN2O. The van der Waals surface area contributed by atoms with E-state index in [0.29, 0.717) is 34.0 Å². The average Bonchev–Trinajstić information content (AvgIpc) is 3.02. The lowest BCUT2D eigenvalue weighted by Gasteiger charge is -2.14. The van der Waals surface area contributed by atoms with Crippen molar-refractivity contribution in [3.63, 3.8) is 0 Å². The van der Waals surface area contributed by atoms with Gasteiger partial charge in [0.25, 0.3) is 0 Å². The highest BCUT2D eigenvalue weighted by atomic mass is 35.5. The normalized spacial score (nSPS) is 10.7. The second-order valence-electron chi connectivity index (χ2n) is 4.86. The molecule has 3 nitrogen and oxygen atoms in total. The Morgan fingerprint density at radius 3 is 2.82 bits per heavy atom. The molecule has 0 spiro atoms. The Balaban J connectivity index is 2.10. The SMILES string of the molecule is COc1ccc(Cn2ccnc2)c(F)c1-c1cccc(Cl)c1. The fourth-order valence-corrected chi connectivity index (χ4v) is 2.57. The van der Waals surface area contributed by atoms with Crippen molar-refractivity contribution in [3.8, 4) is 16.9 Å². The third-order valence-electron chi connectivity index (χ3n) is 3.43. The second-order valence-corrected chi connectivity index (χ2v) is 5.30. The van der Waals surface area contributed by atoms with Crippen molar-refractivity contribution < 1.29 is 9.13 Å². The van der Waals surface area contributed by atoms with Crippen molar-refractivity contribution in [2.45, 2.75) is 6.54 Å². The van der Waals surface area contributed by atoms with E-state index in [1.807, 2.05) is 10.6 Å². The van der Waals surface area contributed by atoms with Crippen molar-refractivity contribution in [2.75, 3.05) is 7.11 Å². The number of hydrogen-bond donors (Lipinski definition) is 0. The maximum Gasteiger partial charge on any atom is 0.139 e. The minimum absolute atomic E-state index is 0.310. The Morgan fingerprint density at radius 1 is 1.27 bits per heavy atom. The number of halogens is 2. The molecule has 0 aliphatic rings. The molecule has 0 saturated heterocycles. The lowest BCUT2D eigenvalue weighted by atomic mass is 10.0. The van der Waals surface area contributed by atoms with E-state index in [-0.39, 0.29) is 5.82 Å². The van der Waals surface area contributed by atoms with E-state index in [0.717, 1.165) is 0 Å². The van der Waals surface area contributed by atoms with Gasteiger partial charge in [-0.25, -0.2) is 9.37 Å². The van der Waals surface area contributed by atoms with Gasteiger partial charge in [0.05, 0.1) is 25.5 Å². The summed E-state index contributed by atoms with van der Waals surface area (Å²) in [5, 5.41) is 0.555. The predicted octanol–water partition coefficient (Wildman–Crippen LogP) is 4.40. The molecule has 0 aliphatic carbocycles. The Hall–Kier alpha value is -2.33. The minimum atomic E-state index is -0.310. The van der Waals surface area contributed by atoms with Gasteiger partial charge in [-0.15, -0.1) is 0 Å². The zero-order chi connectivity index (χ0) is 15.5. The Bertz CT molecular complexity index is 787. The Morgan fingerprint density at radius 2 is 2.14 bits per heavy atom. The highest BCUT2D eigenvalue weighted by Crippen LogP contribution is 2.35. The summed E-state index contributed by atoms with van der Waals surface area (Å²) in [5.41, 5.74) is 1.67. The summed E-state index contributed by atoms with van der Waals surface area (Å²) in [4.78, 5) is 3.97. The Labute approximate surface area is 132 Å².